The summed E-state index contributed by atoms with van der Waals surface area (Å²) in [6.45, 7) is 1.23. The lowest BCUT2D eigenvalue weighted by molar-refractivity contribution is -0.315. The van der Waals surface area contributed by atoms with E-state index in [1.54, 1.807) is 0 Å². The molecule has 228 valence electrons. The van der Waals surface area contributed by atoms with Gasteiger partial charge in [0.05, 0.1) is 18.2 Å². The molecule has 0 radical (unpaired) electrons. The van der Waals surface area contributed by atoms with Crippen LogP contribution in [0.15, 0.2) is 0 Å². The van der Waals surface area contributed by atoms with Crippen molar-refractivity contribution in [2.45, 2.75) is 118 Å². The Morgan fingerprint density at radius 1 is 0.923 bits per heavy atom. The normalized spacial score (nSPS) is 46.6. The molecule has 17 nitrogen and oxygen atoms in total. The van der Waals surface area contributed by atoms with Crippen molar-refractivity contribution in [1.82, 2.24) is 5.32 Å². The van der Waals surface area contributed by atoms with Gasteiger partial charge < -0.3 is 82.9 Å². The molecule has 39 heavy (non-hydrogen) atoms. The number of amides is 1. The SMILES string of the molecule is C[C@@H](O)C1OC(OC2C(N)CC(NC(=O)[C@@H](O)CCN)C(O)C2OC2OC(CN)C(O)C2O)C(N)C(O)C1O. The van der Waals surface area contributed by atoms with Crippen molar-refractivity contribution in [2.24, 2.45) is 22.9 Å². The van der Waals surface area contributed by atoms with Crippen molar-refractivity contribution in [2.75, 3.05) is 13.1 Å². The Labute approximate surface area is 224 Å². The summed E-state index contributed by atoms with van der Waals surface area (Å²) in [5.74, 6) is -0.805. The van der Waals surface area contributed by atoms with E-state index in [1.807, 2.05) is 0 Å². The van der Waals surface area contributed by atoms with Crippen LogP contribution in [0.5, 0.6) is 0 Å². The van der Waals surface area contributed by atoms with Gasteiger partial charge in [-0.15, -0.1) is 0 Å². The average Bonchev–Trinajstić information content (AvgIpc) is 3.16. The molecule has 3 aliphatic rings. The minimum atomic E-state index is -1.56. The van der Waals surface area contributed by atoms with Crippen molar-refractivity contribution in [3.63, 3.8) is 0 Å². The van der Waals surface area contributed by atoms with Crippen LogP contribution in [0.1, 0.15) is 19.8 Å². The van der Waals surface area contributed by atoms with Gasteiger partial charge in [-0.05, 0) is 26.3 Å². The van der Waals surface area contributed by atoms with E-state index >= 15 is 0 Å². The molecule has 2 heterocycles. The number of nitrogens with one attached hydrogen (secondary N) is 1. The number of hydrogen-bond acceptors (Lipinski definition) is 16. The van der Waals surface area contributed by atoms with E-state index in [2.05, 4.69) is 5.32 Å². The summed E-state index contributed by atoms with van der Waals surface area (Å²) < 4.78 is 22.9. The zero-order valence-corrected chi connectivity index (χ0v) is 21.5. The van der Waals surface area contributed by atoms with Gasteiger partial charge in [-0.1, -0.05) is 0 Å². The Bertz CT molecular complexity index is 801. The molecular weight excluding hydrogens is 526 g/mol. The Morgan fingerprint density at radius 2 is 1.56 bits per heavy atom. The molecule has 2 saturated heterocycles. The highest BCUT2D eigenvalue weighted by Crippen LogP contribution is 2.33. The summed E-state index contributed by atoms with van der Waals surface area (Å²) in [4.78, 5) is 12.4. The van der Waals surface area contributed by atoms with Crippen molar-refractivity contribution >= 4 is 5.91 Å². The molecule has 0 bridgehead atoms. The van der Waals surface area contributed by atoms with E-state index in [4.69, 9.17) is 41.9 Å². The first-order valence-corrected chi connectivity index (χ1v) is 12.9. The first-order chi connectivity index (χ1) is 18.3. The van der Waals surface area contributed by atoms with E-state index in [0.717, 1.165) is 0 Å². The van der Waals surface area contributed by atoms with Gasteiger partial charge in [-0.25, -0.2) is 0 Å². The number of aliphatic hydroxyl groups is 7. The van der Waals surface area contributed by atoms with Crippen molar-refractivity contribution in [1.29, 1.82) is 0 Å². The molecule has 3 fully saturated rings. The maximum absolute atomic E-state index is 12.4. The lowest BCUT2D eigenvalue weighted by Crippen LogP contribution is -2.69. The van der Waals surface area contributed by atoms with E-state index in [-0.39, 0.29) is 25.9 Å². The standard InChI is InChI=1S/C22H43N5O12/c1-6(28)17-15(33)14(32)11(26)21(37-17)38-18-7(25)4-8(27-20(35)9(29)2-3-23)12(30)19(18)39-22-16(34)13(31)10(5-24)36-22/h6-19,21-22,28-34H,2-5,23-26H2,1H3,(H,27,35)/t6-,7?,8?,9+,10?,11?,12?,13?,14?,15?,16?,17?,18?,19?,21?,22?/m1/s1. The molecule has 0 spiro atoms. The first kappa shape index (κ1) is 32.4. The zero-order valence-electron chi connectivity index (χ0n) is 21.5. The zero-order chi connectivity index (χ0) is 29.2. The number of carbonyl (C=O) groups excluding carboxylic acids is 1. The van der Waals surface area contributed by atoms with Gasteiger partial charge in [0.2, 0.25) is 5.91 Å². The minimum Gasteiger partial charge on any atom is -0.391 e. The fourth-order valence-corrected chi connectivity index (χ4v) is 5.04. The second kappa shape index (κ2) is 13.7. The third-order valence-corrected chi connectivity index (χ3v) is 7.39. The van der Waals surface area contributed by atoms with Crippen molar-refractivity contribution in [3.05, 3.63) is 0 Å². The summed E-state index contributed by atoms with van der Waals surface area (Å²) in [6.07, 6.45) is -18.2. The summed E-state index contributed by atoms with van der Waals surface area (Å²) in [5.41, 5.74) is 23.3. The summed E-state index contributed by atoms with van der Waals surface area (Å²) >= 11 is 0. The van der Waals surface area contributed by atoms with Crippen LogP contribution in [0.2, 0.25) is 0 Å². The molecule has 16 atom stereocenters. The lowest BCUT2D eigenvalue weighted by atomic mass is 9.83. The molecule has 1 saturated carbocycles. The molecule has 1 aliphatic carbocycles. The number of aliphatic hydroxyl groups excluding tert-OH is 7. The third-order valence-electron chi connectivity index (χ3n) is 7.39. The van der Waals surface area contributed by atoms with Crippen LogP contribution in [0, 0.1) is 0 Å². The predicted molar refractivity (Wildman–Crippen MR) is 130 cm³/mol. The van der Waals surface area contributed by atoms with E-state index < -0.39 is 104 Å². The van der Waals surface area contributed by atoms with Gasteiger partial charge in [0.15, 0.2) is 12.6 Å². The molecule has 17 heteroatoms. The fourth-order valence-electron chi connectivity index (χ4n) is 5.04. The monoisotopic (exact) mass is 569 g/mol. The van der Waals surface area contributed by atoms with Gasteiger partial charge in [0.1, 0.15) is 61.0 Å². The second-order valence-electron chi connectivity index (χ2n) is 10.3. The van der Waals surface area contributed by atoms with Crippen LogP contribution in [-0.2, 0) is 23.7 Å². The average molecular weight is 570 g/mol. The lowest BCUT2D eigenvalue weighted by Gasteiger charge is -2.48. The number of nitrogens with two attached hydrogens (primary N) is 4. The minimum absolute atomic E-state index is 0.0254. The molecule has 2 aliphatic heterocycles. The molecule has 3 rings (SSSR count). The molecule has 16 N–H and O–H groups in total. The Balaban J connectivity index is 1.85. The van der Waals surface area contributed by atoms with Crippen LogP contribution < -0.4 is 28.3 Å². The summed E-state index contributed by atoms with van der Waals surface area (Å²) in [6, 6.07) is -3.35. The van der Waals surface area contributed by atoms with Crippen molar-refractivity contribution in [3.8, 4) is 0 Å². The summed E-state index contributed by atoms with van der Waals surface area (Å²) in [5, 5.41) is 75.0. The Hall–Kier alpha value is -1.13. The highest BCUT2D eigenvalue weighted by Gasteiger charge is 2.53. The predicted octanol–water partition coefficient (Wildman–Crippen LogP) is -7.40. The van der Waals surface area contributed by atoms with E-state index in [9.17, 15) is 40.5 Å². The van der Waals surface area contributed by atoms with Gasteiger partial charge in [-0.2, -0.15) is 0 Å². The number of carbonyl (C=O) groups is 1. The maximum Gasteiger partial charge on any atom is 0.249 e. The smallest absolute Gasteiger partial charge is 0.249 e. The van der Waals surface area contributed by atoms with Gasteiger partial charge in [-0.3, -0.25) is 4.79 Å². The summed E-state index contributed by atoms with van der Waals surface area (Å²) in [7, 11) is 0. The molecule has 1 amide bonds. The first-order valence-electron chi connectivity index (χ1n) is 12.9. The van der Waals surface area contributed by atoms with Crippen LogP contribution in [0.4, 0.5) is 0 Å². The van der Waals surface area contributed by atoms with Gasteiger partial charge >= 0.3 is 0 Å². The molecule has 0 aromatic rings. The van der Waals surface area contributed by atoms with E-state index in [1.165, 1.54) is 6.92 Å². The van der Waals surface area contributed by atoms with Crippen LogP contribution in [0.3, 0.4) is 0 Å². The van der Waals surface area contributed by atoms with Gasteiger partial charge in [0.25, 0.3) is 0 Å². The maximum atomic E-state index is 12.4. The topological polar surface area (TPSA) is 312 Å². The molecule has 14 unspecified atom stereocenters. The largest absolute Gasteiger partial charge is 0.391 e. The van der Waals surface area contributed by atoms with E-state index in [0.29, 0.717) is 0 Å². The van der Waals surface area contributed by atoms with Gasteiger partial charge in [0, 0.05) is 12.6 Å². The molecule has 0 aromatic heterocycles. The highest BCUT2D eigenvalue weighted by molar-refractivity contribution is 5.80. The Morgan fingerprint density at radius 3 is 2.13 bits per heavy atom. The Kier molecular flexibility index (Phi) is 11.4. The molecular formula is C22H43N5O12. The highest BCUT2D eigenvalue weighted by atomic mass is 16.7. The van der Waals surface area contributed by atoms with Crippen molar-refractivity contribution < 1.29 is 59.5 Å². The fraction of sp³-hybridized carbons (Fsp3) is 0.955. The number of ether oxygens (including phenoxy) is 4. The third kappa shape index (κ3) is 7.03. The van der Waals surface area contributed by atoms with Crippen LogP contribution in [0.25, 0.3) is 0 Å². The quantitative estimate of drug-likeness (QED) is 0.116. The van der Waals surface area contributed by atoms with Crippen LogP contribution in [-0.4, -0.2) is 153 Å². The van der Waals surface area contributed by atoms with Crippen LogP contribution >= 0.6 is 0 Å². The second-order valence-corrected chi connectivity index (χ2v) is 10.3. The number of rotatable bonds is 10. The number of hydrogen-bond donors (Lipinski definition) is 12. The molecule has 0 aromatic carbocycles.